The predicted molar refractivity (Wildman–Crippen MR) is 87.9 cm³/mol. The second-order valence-electron chi connectivity index (χ2n) is 6.60. The normalized spacial score (nSPS) is 17.6. The Kier molecular flexibility index (Phi) is 5.76. The van der Waals surface area contributed by atoms with E-state index in [0.717, 1.165) is 26.4 Å². The molecule has 0 aromatic rings. The molecule has 23 heavy (non-hydrogen) atoms. The van der Waals surface area contributed by atoms with Crippen molar-refractivity contribution in [3.05, 3.63) is 24.8 Å². The lowest BCUT2D eigenvalue weighted by atomic mass is 9.88. The SMILES string of the molecule is COCC(COC(C)=O)(CN1C=CN(C)C1)CN1C=CN(C)C1. The lowest BCUT2D eigenvalue weighted by Crippen LogP contribution is -2.49. The quantitative estimate of drug-likeness (QED) is 0.604. The molecule has 0 fully saturated rings. The molecule has 130 valence electrons. The Labute approximate surface area is 138 Å². The van der Waals surface area contributed by atoms with Gasteiger partial charge >= 0.3 is 5.97 Å². The molecule has 0 saturated heterocycles. The van der Waals surface area contributed by atoms with Crippen molar-refractivity contribution in [2.24, 2.45) is 5.41 Å². The van der Waals surface area contributed by atoms with Gasteiger partial charge in [-0.3, -0.25) is 4.79 Å². The summed E-state index contributed by atoms with van der Waals surface area (Å²) in [6.45, 7) is 5.53. The second kappa shape index (κ2) is 7.59. The predicted octanol–water partition coefficient (Wildman–Crippen LogP) is 0.535. The Bertz CT molecular complexity index is 438. The molecule has 0 unspecified atom stereocenters. The fraction of sp³-hybridized carbons (Fsp3) is 0.688. The fourth-order valence-electron chi connectivity index (χ4n) is 3.08. The first-order valence-corrected chi connectivity index (χ1v) is 7.80. The summed E-state index contributed by atoms with van der Waals surface area (Å²) in [5, 5.41) is 0. The summed E-state index contributed by atoms with van der Waals surface area (Å²) in [6.07, 6.45) is 8.24. The molecule has 0 aliphatic carbocycles. The van der Waals surface area contributed by atoms with Crippen molar-refractivity contribution in [3.63, 3.8) is 0 Å². The number of ether oxygens (including phenoxy) is 2. The van der Waals surface area contributed by atoms with E-state index in [1.54, 1.807) is 7.11 Å². The van der Waals surface area contributed by atoms with Crippen LogP contribution in [0.5, 0.6) is 0 Å². The zero-order valence-corrected chi connectivity index (χ0v) is 14.6. The minimum atomic E-state index is -0.286. The van der Waals surface area contributed by atoms with E-state index in [2.05, 4.69) is 32.0 Å². The molecule has 0 amide bonds. The van der Waals surface area contributed by atoms with Gasteiger partial charge in [-0.1, -0.05) is 0 Å². The van der Waals surface area contributed by atoms with Gasteiger partial charge in [0.05, 0.1) is 25.4 Å². The molecule has 7 nitrogen and oxygen atoms in total. The summed E-state index contributed by atoms with van der Waals surface area (Å²) in [5.41, 5.74) is -0.286. The van der Waals surface area contributed by atoms with Gasteiger partial charge in [-0.05, 0) is 0 Å². The number of hydrogen-bond donors (Lipinski definition) is 0. The monoisotopic (exact) mass is 324 g/mol. The van der Waals surface area contributed by atoms with Crippen molar-refractivity contribution < 1.29 is 14.3 Å². The van der Waals surface area contributed by atoms with Gasteiger partial charge in [0.1, 0.15) is 6.61 Å². The molecule has 0 aromatic carbocycles. The van der Waals surface area contributed by atoms with Crippen LogP contribution in [0.2, 0.25) is 0 Å². The van der Waals surface area contributed by atoms with Gasteiger partial charge in [0, 0.05) is 66.0 Å². The molecule has 0 saturated carbocycles. The minimum absolute atomic E-state index is 0.256. The molecule has 2 aliphatic heterocycles. The molecule has 2 aliphatic rings. The van der Waals surface area contributed by atoms with Crippen molar-refractivity contribution in [1.29, 1.82) is 0 Å². The van der Waals surface area contributed by atoms with Gasteiger partial charge in [-0.15, -0.1) is 0 Å². The zero-order chi connectivity index (χ0) is 16.9. The van der Waals surface area contributed by atoms with Crippen molar-refractivity contribution in [1.82, 2.24) is 19.6 Å². The van der Waals surface area contributed by atoms with Gasteiger partial charge in [0.2, 0.25) is 0 Å². The lowest BCUT2D eigenvalue weighted by Gasteiger charge is -2.39. The highest BCUT2D eigenvalue weighted by Crippen LogP contribution is 2.25. The number of carbonyl (C=O) groups excluding carboxylic acids is 1. The van der Waals surface area contributed by atoms with Gasteiger partial charge in [0.25, 0.3) is 0 Å². The van der Waals surface area contributed by atoms with Crippen LogP contribution in [0.1, 0.15) is 6.92 Å². The van der Waals surface area contributed by atoms with Crippen LogP contribution < -0.4 is 0 Å². The number of rotatable bonds is 8. The highest BCUT2D eigenvalue weighted by atomic mass is 16.5. The molecule has 0 N–H and O–H groups in total. The van der Waals surface area contributed by atoms with E-state index in [9.17, 15) is 4.79 Å². The van der Waals surface area contributed by atoms with Crippen molar-refractivity contribution in [2.75, 3.05) is 60.8 Å². The van der Waals surface area contributed by atoms with Crippen LogP contribution in [0, 0.1) is 5.41 Å². The molecule has 0 atom stereocenters. The van der Waals surface area contributed by atoms with Crippen LogP contribution in [0.15, 0.2) is 24.8 Å². The first-order chi connectivity index (χ1) is 10.9. The average molecular weight is 324 g/mol. The summed E-state index contributed by atoms with van der Waals surface area (Å²) >= 11 is 0. The van der Waals surface area contributed by atoms with Crippen molar-refractivity contribution in [3.8, 4) is 0 Å². The smallest absolute Gasteiger partial charge is 0.302 e. The number of nitrogens with zero attached hydrogens (tertiary/aromatic N) is 4. The van der Waals surface area contributed by atoms with Crippen LogP contribution in [0.25, 0.3) is 0 Å². The van der Waals surface area contributed by atoms with Crippen molar-refractivity contribution >= 4 is 5.97 Å². The average Bonchev–Trinajstić information content (AvgIpc) is 3.06. The third kappa shape index (κ3) is 5.06. The van der Waals surface area contributed by atoms with E-state index in [1.165, 1.54) is 6.92 Å². The van der Waals surface area contributed by atoms with Crippen LogP contribution >= 0.6 is 0 Å². The van der Waals surface area contributed by atoms with Crippen LogP contribution in [-0.4, -0.2) is 86.4 Å². The maximum Gasteiger partial charge on any atom is 0.302 e. The highest BCUT2D eigenvalue weighted by molar-refractivity contribution is 5.65. The van der Waals surface area contributed by atoms with E-state index in [4.69, 9.17) is 9.47 Å². The van der Waals surface area contributed by atoms with Gasteiger partial charge in [0.15, 0.2) is 0 Å². The summed E-state index contributed by atoms with van der Waals surface area (Å²) in [6, 6.07) is 0. The second-order valence-corrected chi connectivity index (χ2v) is 6.60. The standard InChI is InChI=1S/C16H28N4O3/c1-15(21)23-12-16(11-22-4,9-19-7-5-17(2)13-19)10-20-8-6-18(3)14-20/h5-8H,9-14H2,1-4H3. The maximum absolute atomic E-state index is 11.3. The molecular weight excluding hydrogens is 296 g/mol. The minimum Gasteiger partial charge on any atom is -0.465 e. The lowest BCUT2D eigenvalue weighted by molar-refractivity contribution is -0.147. The molecular formula is C16H28N4O3. The molecule has 0 bridgehead atoms. The molecule has 2 heterocycles. The highest BCUT2D eigenvalue weighted by Gasteiger charge is 2.36. The summed E-state index contributed by atoms with van der Waals surface area (Å²) in [7, 11) is 5.78. The van der Waals surface area contributed by atoms with Gasteiger partial charge < -0.3 is 29.1 Å². The van der Waals surface area contributed by atoms with E-state index in [1.807, 2.05) is 26.5 Å². The summed E-state index contributed by atoms with van der Waals surface area (Å²) in [4.78, 5) is 20.0. The van der Waals surface area contributed by atoms with E-state index in [-0.39, 0.29) is 11.4 Å². The Morgan fingerprint density at radius 1 is 1.00 bits per heavy atom. The largest absolute Gasteiger partial charge is 0.465 e. The first-order valence-electron chi connectivity index (χ1n) is 7.80. The topological polar surface area (TPSA) is 48.5 Å². The summed E-state index contributed by atoms with van der Waals surface area (Å²) < 4.78 is 10.9. The first kappa shape index (κ1) is 17.5. The van der Waals surface area contributed by atoms with Crippen LogP contribution in [-0.2, 0) is 14.3 Å². The Morgan fingerprint density at radius 3 is 1.87 bits per heavy atom. The molecule has 0 aromatic heterocycles. The Hall–Kier alpha value is -1.89. The van der Waals surface area contributed by atoms with Gasteiger partial charge in [-0.2, -0.15) is 0 Å². The molecule has 2 rings (SSSR count). The van der Waals surface area contributed by atoms with E-state index in [0.29, 0.717) is 13.2 Å². The number of carbonyl (C=O) groups is 1. The molecule has 7 heteroatoms. The molecule has 0 radical (unpaired) electrons. The third-order valence-corrected chi connectivity index (χ3v) is 3.98. The fourth-order valence-corrected chi connectivity index (χ4v) is 3.08. The number of hydrogen-bond acceptors (Lipinski definition) is 7. The summed E-state index contributed by atoms with van der Waals surface area (Å²) in [5.74, 6) is -0.256. The Balaban J connectivity index is 2.09. The maximum atomic E-state index is 11.3. The van der Waals surface area contributed by atoms with Gasteiger partial charge in [-0.25, -0.2) is 0 Å². The van der Waals surface area contributed by atoms with Crippen LogP contribution in [0.3, 0.4) is 0 Å². The number of methoxy groups -OCH3 is 1. The zero-order valence-electron chi connectivity index (χ0n) is 14.6. The van der Waals surface area contributed by atoms with E-state index >= 15 is 0 Å². The van der Waals surface area contributed by atoms with Crippen molar-refractivity contribution in [2.45, 2.75) is 6.92 Å². The Morgan fingerprint density at radius 2 is 1.52 bits per heavy atom. The van der Waals surface area contributed by atoms with Crippen LogP contribution in [0.4, 0.5) is 0 Å². The number of esters is 1. The van der Waals surface area contributed by atoms with E-state index < -0.39 is 0 Å². The molecule has 0 spiro atoms. The third-order valence-electron chi connectivity index (χ3n) is 3.98.